The van der Waals surface area contributed by atoms with Crippen LogP contribution in [0.4, 0.5) is 9.18 Å². The maximum atomic E-state index is 13.1. The molecule has 0 unspecified atom stereocenters. The number of halogens is 1. The molecule has 16 nitrogen and oxygen atoms in total. The maximum Gasteiger partial charge on any atom is 0.408 e. The molecule has 0 radical (unpaired) electrons. The van der Waals surface area contributed by atoms with Crippen molar-refractivity contribution in [1.82, 2.24) is 26.6 Å². The molecule has 0 fully saturated rings. The van der Waals surface area contributed by atoms with Crippen molar-refractivity contribution in [2.24, 2.45) is 11.8 Å². The van der Waals surface area contributed by atoms with Crippen molar-refractivity contribution in [3.05, 3.63) is 0 Å². The van der Waals surface area contributed by atoms with Crippen LogP contribution in [0.25, 0.3) is 0 Å². The Balaban J connectivity index is 5.73. The number of nitrogens with one attached hydrogen (secondary N) is 5. The summed E-state index contributed by atoms with van der Waals surface area (Å²) in [4.78, 5) is 98.0. The number of rotatable bonds is 17. The molecule has 44 heavy (non-hydrogen) atoms. The second-order valence-corrected chi connectivity index (χ2v) is 11.7. The van der Waals surface area contributed by atoms with Crippen LogP contribution in [0.3, 0.4) is 0 Å². The summed E-state index contributed by atoms with van der Waals surface area (Å²) in [6, 6.07) is -7.30. The summed E-state index contributed by atoms with van der Waals surface area (Å²) in [6.07, 6.45) is -2.68. The van der Waals surface area contributed by atoms with Crippen molar-refractivity contribution in [1.29, 1.82) is 0 Å². The highest BCUT2D eigenvalue weighted by molar-refractivity contribution is 5.98. The molecule has 17 heteroatoms. The van der Waals surface area contributed by atoms with Gasteiger partial charge in [0.1, 0.15) is 42.5 Å². The quantitative estimate of drug-likeness (QED) is 0.109. The van der Waals surface area contributed by atoms with E-state index in [1.165, 1.54) is 20.8 Å². The zero-order valence-corrected chi connectivity index (χ0v) is 26.1. The third-order valence-corrected chi connectivity index (χ3v) is 5.85. The number of carboxylic acid groups (broad SMARTS) is 2. The molecule has 0 spiro atoms. The van der Waals surface area contributed by atoms with E-state index in [2.05, 4.69) is 26.6 Å². The molecule has 5 atom stereocenters. The highest BCUT2D eigenvalue weighted by atomic mass is 19.1. The van der Waals surface area contributed by atoms with Crippen LogP contribution >= 0.6 is 0 Å². The summed E-state index contributed by atoms with van der Waals surface area (Å²) >= 11 is 0. The Hall–Kier alpha value is -4.31. The Morgan fingerprint density at radius 1 is 0.636 bits per heavy atom. The van der Waals surface area contributed by atoms with Gasteiger partial charge >= 0.3 is 18.0 Å². The van der Waals surface area contributed by atoms with Crippen LogP contribution in [0.15, 0.2) is 0 Å². The van der Waals surface area contributed by atoms with E-state index in [4.69, 9.17) is 9.84 Å². The minimum atomic E-state index is -1.68. The molecule has 0 heterocycles. The van der Waals surface area contributed by atoms with Crippen LogP contribution < -0.4 is 26.6 Å². The average molecular weight is 634 g/mol. The minimum absolute atomic E-state index is 0.506. The summed E-state index contributed by atoms with van der Waals surface area (Å²) in [6.45, 7) is 10.8. The van der Waals surface area contributed by atoms with Gasteiger partial charge in [-0.25, -0.2) is 9.18 Å². The lowest BCUT2D eigenvalue weighted by atomic mass is 10.0. The monoisotopic (exact) mass is 633 g/mol. The standard InChI is InChI=1S/C27H44FN5O11/c1-12(2)20(24(41)29-14(5)22(39)30-15(9-18(35)36)17(34)11-28)32-23(40)16(10-19(37)38)31-25(42)21(13(3)4)33-26(43)44-27(6,7)8/h12-16,20-21H,9-11H2,1-8H3,(H,29,41)(H,30,39)(H,31,42)(H,32,40)(H,33,43)(H,35,36)(H,37,38)/t14-,15-,16-,20-,21-/m0/s1. The number of carboxylic acids is 2. The number of hydrogen-bond acceptors (Lipinski definition) is 9. The molecule has 0 rings (SSSR count). The molecule has 0 aromatic rings. The van der Waals surface area contributed by atoms with Crippen LogP contribution in [-0.2, 0) is 38.3 Å². The first-order valence-electron chi connectivity index (χ1n) is 13.8. The van der Waals surface area contributed by atoms with Crippen molar-refractivity contribution in [3.8, 4) is 0 Å². The number of aliphatic carboxylic acids is 2. The molecular formula is C27H44FN5O11. The topological polar surface area (TPSA) is 246 Å². The van der Waals surface area contributed by atoms with Gasteiger partial charge < -0.3 is 41.5 Å². The number of ether oxygens (including phenoxy) is 1. The van der Waals surface area contributed by atoms with Gasteiger partial charge in [0.15, 0.2) is 5.78 Å². The maximum absolute atomic E-state index is 13.1. The molecule has 0 aliphatic carbocycles. The van der Waals surface area contributed by atoms with Crippen LogP contribution in [0.2, 0.25) is 0 Å². The van der Waals surface area contributed by atoms with E-state index in [0.29, 0.717) is 0 Å². The average Bonchev–Trinajstić information content (AvgIpc) is 2.86. The first-order chi connectivity index (χ1) is 20.1. The molecule has 0 saturated carbocycles. The predicted octanol–water partition coefficient (Wildman–Crippen LogP) is -0.361. The molecule has 5 amide bonds. The lowest BCUT2D eigenvalue weighted by molar-refractivity contribution is -0.142. The lowest BCUT2D eigenvalue weighted by Gasteiger charge is -2.28. The fourth-order valence-corrected chi connectivity index (χ4v) is 3.58. The molecule has 0 aromatic heterocycles. The van der Waals surface area contributed by atoms with Gasteiger partial charge in [-0.05, 0) is 39.5 Å². The van der Waals surface area contributed by atoms with Crippen LogP contribution in [0, 0.1) is 11.8 Å². The number of amides is 5. The van der Waals surface area contributed by atoms with Crippen molar-refractivity contribution >= 4 is 47.4 Å². The Morgan fingerprint density at radius 2 is 1.07 bits per heavy atom. The molecular weight excluding hydrogens is 589 g/mol. The third-order valence-electron chi connectivity index (χ3n) is 5.85. The Kier molecular flexibility index (Phi) is 16.0. The molecule has 0 aliphatic heterocycles. The SMILES string of the molecule is CC(C)[C@H](NC(=O)OC(C)(C)C)C(=O)N[C@@H](CC(=O)O)C(=O)N[C@H](C(=O)N[C@@H](C)C(=O)N[C@@H](CC(=O)O)C(=O)CF)C(C)C. The third kappa shape index (κ3) is 14.7. The zero-order chi connectivity index (χ0) is 34.5. The Morgan fingerprint density at radius 3 is 1.50 bits per heavy atom. The zero-order valence-electron chi connectivity index (χ0n) is 26.1. The largest absolute Gasteiger partial charge is 0.481 e. The van der Waals surface area contributed by atoms with E-state index in [1.54, 1.807) is 34.6 Å². The van der Waals surface area contributed by atoms with E-state index in [9.17, 15) is 47.9 Å². The fraction of sp³-hybridized carbons (Fsp3) is 0.704. The van der Waals surface area contributed by atoms with Crippen molar-refractivity contribution in [2.75, 3.05) is 6.67 Å². The Bertz CT molecular complexity index is 1090. The summed E-state index contributed by atoms with van der Waals surface area (Å²) in [7, 11) is 0. The Labute approximate surface area is 254 Å². The van der Waals surface area contributed by atoms with E-state index in [0.717, 1.165) is 0 Å². The van der Waals surface area contributed by atoms with Gasteiger partial charge in [-0.2, -0.15) is 0 Å². The van der Waals surface area contributed by atoms with Crippen LogP contribution in [-0.4, -0.2) is 100 Å². The summed E-state index contributed by atoms with van der Waals surface area (Å²) in [5.41, 5.74) is -0.871. The second kappa shape index (κ2) is 17.7. The van der Waals surface area contributed by atoms with Gasteiger partial charge in [0.25, 0.3) is 0 Å². The molecule has 0 aliphatic rings. The highest BCUT2D eigenvalue weighted by Crippen LogP contribution is 2.10. The number of ketones is 1. The first-order valence-corrected chi connectivity index (χ1v) is 13.8. The van der Waals surface area contributed by atoms with E-state index >= 15 is 0 Å². The summed E-state index contributed by atoms with van der Waals surface area (Å²) in [5.74, 6) is -9.10. The minimum Gasteiger partial charge on any atom is -0.481 e. The smallest absolute Gasteiger partial charge is 0.408 e. The highest BCUT2D eigenvalue weighted by Gasteiger charge is 2.35. The number of alkyl carbamates (subject to hydrolysis) is 1. The van der Waals surface area contributed by atoms with Gasteiger partial charge in [0, 0.05) is 0 Å². The summed E-state index contributed by atoms with van der Waals surface area (Å²) < 4.78 is 18.0. The van der Waals surface area contributed by atoms with E-state index in [-0.39, 0.29) is 0 Å². The van der Waals surface area contributed by atoms with Crippen LogP contribution in [0.1, 0.15) is 68.2 Å². The van der Waals surface area contributed by atoms with Gasteiger partial charge in [0.2, 0.25) is 23.6 Å². The van der Waals surface area contributed by atoms with Gasteiger partial charge in [0.05, 0.1) is 12.8 Å². The number of Topliss-reactive ketones (excluding diaryl/α,β-unsaturated/α-hetero) is 1. The number of carbonyl (C=O) groups excluding carboxylic acids is 6. The number of alkyl halides is 1. The first kappa shape index (κ1) is 39.7. The van der Waals surface area contributed by atoms with Crippen molar-refractivity contribution in [3.63, 3.8) is 0 Å². The molecule has 0 saturated heterocycles. The number of hydrogen-bond donors (Lipinski definition) is 7. The number of carbonyl (C=O) groups is 8. The van der Waals surface area contributed by atoms with E-state index < -0.39 is 115 Å². The second-order valence-electron chi connectivity index (χ2n) is 11.7. The van der Waals surface area contributed by atoms with E-state index in [1.807, 2.05) is 0 Å². The van der Waals surface area contributed by atoms with Crippen LogP contribution in [0.5, 0.6) is 0 Å². The predicted molar refractivity (Wildman–Crippen MR) is 152 cm³/mol. The molecule has 250 valence electrons. The fourth-order valence-electron chi connectivity index (χ4n) is 3.58. The molecule has 7 N–H and O–H groups in total. The van der Waals surface area contributed by atoms with Crippen molar-refractivity contribution < 1.29 is 57.7 Å². The summed E-state index contributed by atoms with van der Waals surface area (Å²) in [5, 5.41) is 29.6. The van der Waals surface area contributed by atoms with Gasteiger partial charge in [-0.3, -0.25) is 33.6 Å². The van der Waals surface area contributed by atoms with Crippen molar-refractivity contribution in [2.45, 2.75) is 104 Å². The lowest BCUT2D eigenvalue weighted by Crippen LogP contribution is -2.60. The normalized spacial score (nSPS) is 14.7. The molecule has 0 bridgehead atoms. The molecule has 0 aromatic carbocycles. The van der Waals surface area contributed by atoms with Gasteiger partial charge in [-0.15, -0.1) is 0 Å². The van der Waals surface area contributed by atoms with Gasteiger partial charge in [-0.1, -0.05) is 27.7 Å².